The molecule has 1 amide bonds. The van der Waals surface area contributed by atoms with Gasteiger partial charge in [-0.05, 0) is 43.7 Å². The average molecular weight is 564 g/mol. The predicted octanol–water partition coefficient (Wildman–Crippen LogP) is 4.63. The van der Waals surface area contributed by atoms with Crippen LogP contribution in [0.1, 0.15) is 22.5 Å². The topological polar surface area (TPSA) is 70.6 Å². The Morgan fingerprint density at radius 1 is 1.20 bits per heavy atom. The molecular formula is C28H30F5N5O2. The molecule has 0 spiro atoms. The summed E-state index contributed by atoms with van der Waals surface area (Å²) in [6.07, 6.45) is -5.06. The van der Waals surface area contributed by atoms with Crippen LogP contribution < -0.4 is 20.7 Å². The molecule has 1 aliphatic rings. The number of rotatable bonds is 7. The molecule has 40 heavy (non-hydrogen) atoms. The van der Waals surface area contributed by atoms with Crippen LogP contribution in [0, 0.1) is 17.7 Å². The van der Waals surface area contributed by atoms with Crippen LogP contribution in [0.5, 0.6) is 5.75 Å². The number of likely N-dealkylation sites (tertiary alicyclic amines) is 1. The Bertz CT molecular complexity index is 1440. The van der Waals surface area contributed by atoms with E-state index >= 15 is 0 Å². The second kappa shape index (κ2) is 12.0. The second-order valence-electron chi connectivity index (χ2n) is 9.55. The lowest BCUT2D eigenvalue weighted by atomic mass is 10.0. The van der Waals surface area contributed by atoms with E-state index in [1.807, 2.05) is 11.9 Å². The Labute approximate surface area is 228 Å². The third-order valence-corrected chi connectivity index (χ3v) is 6.71. The number of methoxy groups -OCH3 is 1. The van der Waals surface area contributed by atoms with Crippen LogP contribution in [0.25, 0.3) is 10.9 Å². The number of nitrogens with one attached hydrogen (secondary N) is 3. The Balaban J connectivity index is 1.61. The Kier molecular flexibility index (Phi) is 8.73. The monoisotopic (exact) mass is 563 g/mol. The van der Waals surface area contributed by atoms with Crippen LogP contribution in [0.2, 0.25) is 0 Å². The maximum absolute atomic E-state index is 14.7. The van der Waals surface area contributed by atoms with E-state index in [0.717, 1.165) is 10.6 Å². The van der Waals surface area contributed by atoms with Gasteiger partial charge in [-0.15, -0.1) is 0 Å². The first-order valence-corrected chi connectivity index (χ1v) is 12.6. The molecule has 1 aliphatic heterocycles. The first kappa shape index (κ1) is 29.0. The molecule has 0 bridgehead atoms. The number of alkyl halides is 4. The summed E-state index contributed by atoms with van der Waals surface area (Å²) >= 11 is 0. The molecule has 1 saturated heterocycles. The van der Waals surface area contributed by atoms with Crippen molar-refractivity contribution in [3.05, 3.63) is 53.5 Å². The number of anilines is 2. The van der Waals surface area contributed by atoms with Gasteiger partial charge >= 0.3 is 6.18 Å². The van der Waals surface area contributed by atoms with Crippen molar-refractivity contribution in [2.75, 3.05) is 51.5 Å². The van der Waals surface area contributed by atoms with Crippen LogP contribution in [0.4, 0.5) is 33.3 Å². The smallest absolute Gasteiger partial charge is 0.406 e. The van der Waals surface area contributed by atoms with E-state index in [1.54, 1.807) is 24.3 Å². The minimum atomic E-state index is -4.50. The largest absolute Gasteiger partial charge is 0.495 e. The van der Waals surface area contributed by atoms with E-state index in [9.17, 15) is 26.7 Å². The molecule has 0 aliphatic carbocycles. The van der Waals surface area contributed by atoms with Gasteiger partial charge in [-0.25, -0.2) is 8.78 Å². The molecule has 1 fully saturated rings. The lowest BCUT2D eigenvalue weighted by Crippen LogP contribution is -2.46. The first-order chi connectivity index (χ1) is 19.0. The average Bonchev–Trinajstić information content (AvgIpc) is 3.24. The number of aromatic nitrogens is 1. The number of amides is 1. The summed E-state index contributed by atoms with van der Waals surface area (Å²) in [5.41, 5.74) is 1.00. The van der Waals surface area contributed by atoms with Gasteiger partial charge in [0.05, 0.1) is 42.2 Å². The van der Waals surface area contributed by atoms with Crippen molar-refractivity contribution in [3.8, 4) is 17.6 Å². The molecule has 214 valence electrons. The van der Waals surface area contributed by atoms with Crippen LogP contribution >= 0.6 is 0 Å². The molecule has 4 rings (SSSR count). The first-order valence-electron chi connectivity index (χ1n) is 12.6. The van der Waals surface area contributed by atoms with Gasteiger partial charge in [-0.2, -0.15) is 13.2 Å². The fraction of sp³-hybridized carbons (Fsp3) is 0.393. The standard InChI is InChI=1S/C28H30F5N5O2/c1-34-27(39)18-13-26(40-3)24(14-20(18)29)35-10-5-6-17-12-19-22(36-23-9-11-37(2)15-21(23)30)7-4-8-25(19)38(17)16-28(31,32)33/h4,7-8,12-14,21,23,35-36H,9-11,15-16H2,1-3H3,(H,34,39)/t21-,23+/m0/s1. The number of hydrogen-bond acceptors (Lipinski definition) is 5. The lowest BCUT2D eigenvalue weighted by molar-refractivity contribution is -0.140. The predicted molar refractivity (Wildman–Crippen MR) is 144 cm³/mol. The van der Waals surface area contributed by atoms with Gasteiger partial charge in [-0.1, -0.05) is 12.0 Å². The zero-order valence-electron chi connectivity index (χ0n) is 22.3. The van der Waals surface area contributed by atoms with E-state index in [4.69, 9.17) is 4.74 Å². The molecule has 12 heteroatoms. The molecule has 2 heterocycles. The lowest BCUT2D eigenvalue weighted by Gasteiger charge is -2.33. The fourth-order valence-corrected chi connectivity index (χ4v) is 4.73. The van der Waals surface area contributed by atoms with Crippen LogP contribution in [-0.4, -0.2) is 74.6 Å². The van der Waals surface area contributed by atoms with E-state index in [1.165, 1.54) is 20.2 Å². The fourth-order valence-electron chi connectivity index (χ4n) is 4.73. The number of halogens is 5. The highest BCUT2D eigenvalue weighted by atomic mass is 19.4. The summed E-state index contributed by atoms with van der Waals surface area (Å²) in [5.74, 6) is 4.35. The summed E-state index contributed by atoms with van der Waals surface area (Å²) in [4.78, 5) is 13.7. The van der Waals surface area contributed by atoms with E-state index < -0.39 is 36.7 Å². The zero-order chi connectivity index (χ0) is 29.0. The van der Waals surface area contributed by atoms with Crippen molar-refractivity contribution < 1.29 is 31.5 Å². The van der Waals surface area contributed by atoms with Gasteiger partial charge in [-0.3, -0.25) is 4.79 Å². The molecule has 3 aromatic rings. The molecule has 2 atom stereocenters. The minimum absolute atomic E-state index is 0.0487. The number of benzene rings is 2. The Morgan fingerprint density at radius 2 is 1.98 bits per heavy atom. The van der Waals surface area contributed by atoms with E-state index in [0.29, 0.717) is 29.6 Å². The third kappa shape index (κ3) is 6.59. The molecule has 0 radical (unpaired) electrons. The highest BCUT2D eigenvalue weighted by Gasteiger charge is 2.31. The van der Waals surface area contributed by atoms with Gasteiger partial charge in [0.1, 0.15) is 24.3 Å². The molecule has 2 aromatic carbocycles. The number of piperidine rings is 1. The number of ether oxygens (including phenoxy) is 1. The number of carbonyl (C=O) groups is 1. The van der Waals surface area contributed by atoms with Crippen LogP contribution in [-0.2, 0) is 6.54 Å². The summed E-state index contributed by atoms with van der Waals surface area (Å²) in [6, 6.07) is 8.33. The van der Waals surface area contributed by atoms with Crippen molar-refractivity contribution >= 4 is 28.2 Å². The van der Waals surface area contributed by atoms with Crippen molar-refractivity contribution in [1.82, 2.24) is 14.8 Å². The number of fused-ring (bicyclic) bond motifs is 1. The maximum Gasteiger partial charge on any atom is 0.406 e. The van der Waals surface area contributed by atoms with Crippen molar-refractivity contribution in [1.29, 1.82) is 0 Å². The zero-order valence-corrected chi connectivity index (χ0v) is 22.3. The highest BCUT2D eigenvalue weighted by Crippen LogP contribution is 2.32. The molecule has 0 saturated carbocycles. The number of carbonyl (C=O) groups excluding carboxylic acids is 1. The molecule has 3 N–H and O–H groups in total. The SMILES string of the molecule is CNC(=O)c1cc(OC)c(NCC#Cc2cc3c(N[C@@H]4CCN(C)C[C@@H]4F)cccc3n2CC(F)(F)F)cc1F. The third-order valence-electron chi connectivity index (χ3n) is 6.71. The quantitative estimate of drug-likeness (QED) is 0.289. The molecule has 0 unspecified atom stereocenters. The van der Waals surface area contributed by atoms with Crippen molar-refractivity contribution in [2.45, 2.75) is 31.4 Å². The van der Waals surface area contributed by atoms with E-state index in [-0.39, 0.29) is 35.8 Å². The van der Waals surface area contributed by atoms with Crippen molar-refractivity contribution in [3.63, 3.8) is 0 Å². The highest BCUT2D eigenvalue weighted by molar-refractivity contribution is 5.95. The van der Waals surface area contributed by atoms with Gasteiger partial charge < -0.3 is 30.2 Å². The summed E-state index contributed by atoms with van der Waals surface area (Å²) in [5, 5.41) is 8.91. The Morgan fingerprint density at radius 3 is 2.65 bits per heavy atom. The summed E-state index contributed by atoms with van der Waals surface area (Å²) in [6.45, 7) is -0.323. The van der Waals surface area contributed by atoms with Crippen LogP contribution in [0.15, 0.2) is 36.4 Å². The normalized spacial score (nSPS) is 17.7. The summed E-state index contributed by atoms with van der Waals surface area (Å²) in [7, 11) is 4.57. The van der Waals surface area contributed by atoms with Gasteiger partial charge in [0.2, 0.25) is 0 Å². The minimum Gasteiger partial charge on any atom is -0.495 e. The molecule has 1 aromatic heterocycles. The summed E-state index contributed by atoms with van der Waals surface area (Å²) < 4.78 is 75.9. The number of hydrogen-bond donors (Lipinski definition) is 3. The maximum atomic E-state index is 14.7. The Hall–Kier alpha value is -3.98. The molecule has 7 nitrogen and oxygen atoms in total. The van der Waals surface area contributed by atoms with E-state index in [2.05, 4.69) is 27.8 Å². The van der Waals surface area contributed by atoms with Gasteiger partial charge in [0, 0.05) is 37.3 Å². The van der Waals surface area contributed by atoms with Crippen LogP contribution in [0.3, 0.4) is 0 Å². The second-order valence-corrected chi connectivity index (χ2v) is 9.55. The molecular weight excluding hydrogens is 533 g/mol. The van der Waals surface area contributed by atoms with Gasteiger partial charge in [0.15, 0.2) is 0 Å². The van der Waals surface area contributed by atoms with Crippen molar-refractivity contribution in [2.24, 2.45) is 0 Å². The number of nitrogens with zero attached hydrogens (tertiary/aromatic N) is 2. The van der Waals surface area contributed by atoms with Gasteiger partial charge in [0.25, 0.3) is 5.91 Å².